The van der Waals surface area contributed by atoms with Gasteiger partial charge in [-0.05, 0) is 31.3 Å². The second kappa shape index (κ2) is 7.07. The van der Waals surface area contributed by atoms with E-state index >= 15 is 0 Å². The van der Waals surface area contributed by atoms with Crippen molar-refractivity contribution in [2.24, 2.45) is 0 Å². The number of halogens is 1. The lowest BCUT2D eigenvalue weighted by atomic mass is 10.0. The van der Waals surface area contributed by atoms with Crippen LogP contribution in [-0.2, 0) is 11.3 Å². The van der Waals surface area contributed by atoms with Crippen LogP contribution in [0.5, 0.6) is 11.5 Å². The highest BCUT2D eigenvalue weighted by Gasteiger charge is 2.22. The van der Waals surface area contributed by atoms with Crippen LogP contribution in [0.25, 0.3) is 11.3 Å². The van der Waals surface area contributed by atoms with E-state index in [0.717, 1.165) is 11.1 Å². The van der Waals surface area contributed by atoms with Crippen LogP contribution in [0.15, 0.2) is 30.5 Å². The Morgan fingerprint density at radius 2 is 2.29 bits per heavy atom. The molecule has 0 saturated carbocycles. The van der Waals surface area contributed by atoms with Gasteiger partial charge in [0.15, 0.2) is 11.5 Å². The van der Waals surface area contributed by atoms with E-state index in [2.05, 4.69) is 10.3 Å². The molecule has 1 aromatic heterocycles. The molecule has 6 nitrogen and oxygen atoms in total. The number of carbonyl (C=O) groups is 1. The summed E-state index contributed by atoms with van der Waals surface area (Å²) in [4.78, 5) is 18.1. The largest absolute Gasteiger partial charge is 0.504 e. The molecule has 2 aromatic rings. The van der Waals surface area contributed by atoms with Crippen LogP contribution >= 0.6 is 11.6 Å². The zero-order valence-electron chi connectivity index (χ0n) is 13.3. The van der Waals surface area contributed by atoms with Crippen molar-refractivity contribution in [2.45, 2.75) is 6.54 Å². The maximum absolute atomic E-state index is 12.2. The van der Waals surface area contributed by atoms with E-state index < -0.39 is 0 Å². The third kappa shape index (κ3) is 3.44. The average Bonchev–Trinajstić information content (AvgIpc) is 2.78. The van der Waals surface area contributed by atoms with E-state index in [9.17, 15) is 9.90 Å². The highest BCUT2D eigenvalue weighted by Crippen LogP contribution is 2.37. The fourth-order valence-electron chi connectivity index (χ4n) is 2.67. The van der Waals surface area contributed by atoms with Gasteiger partial charge in [-0.2, -0.15) is 0 Å². The van der Waals surface area contributed by atoms with Gasteiger partial charge in [0.1, 0.15) is 6.61 Å². The molecule has 0 fully saturated rings. The number of phenolic OH excluding ortho intramolecular Hbond substituents is 1. The van der Waals surface area contributed by atoms with Gasteiger partial charge >= 0.3 is 0 Å². The number of amides is 1. The minimum absolute atomic E-state index is 0.0107. The highest BCUT2D eigenvalue weighted by atomic mass is 35.5. The molecule has 2 N–H and O–H groups in total. The molecule has 0 saturated heterocycles. The Morgan fingerprint density at radius 3 is 3.00 bits per heavy atom. The number of carbonyl (C=O) groups excluding carboxylic acids is 1. The summed E-state index contributed by atoms with van der Waals surface area (Å²) < 4.78 is 5.64. The van der Waals surface area contributed by atoms with Gasteiger partial charge < -0.3 is 20.1 Å². The number of aromatic nitrogens is 1. The molecule has 0 radical (unpaired) electrons. The molecule has 2 heterocycles. The summed E-state index contributed by atoms with van der Waals surface area (Å²) in [7, 11) is 1.73. The topological polar surface area (TPSA) is 74.7 Å². The number of nitrogens with zero attached hydrogens (tertiary/aromatic N) is 2. The van der Waals surface area contributed by atoms with Crippen LogP contribution in [0.3, 0.4) is 0 Å². The Balaban J connectivity index is 1.96. The molecule has 0 bridgehead atoms. The standard InChI is InChI=1S/C17H18ClN3O3/c1-19-9-16(23)21-4-5-24-17-12(10-21)6-11(7-15(17)22)14-3-2-13(18)8-20-14/h2-3,6-8,19,22H,4-5,9-10H2,1H3. The number of benzene rings is 1. The van der Waals surface area contributed by atoms with Crippen molar-refractivity contribution in [3.63, 3.8) is 0 Å². The van der Waals surface area contributed by atoms with Gasteiger partial charge in [-0.25, -0.2) is 0 Å². The Bertz CT molecular complexity index is 749. The number of fused-ring (bicyclic) bond motifs is 1. The number of pyridine rings is 1. The predicted molar refractivity (Wildman–Crippen MR) is 91.2 cm³/mol. The molecule has 0 unspecified atom stereocenters. The SMILES string of the molecule is CNCC(=O)N1CCOc2c(O)cc(-c3ccc(Cl)cn3)cc2C1. The van der Waals surface area contributed by atoms with Crippen molar-refractivity contribution in [3.8, 4) is 22.8 Å². The quantitative estimate of drug-likeness (QED) is 0.888. The summed E-state index contributed by atoms with van der Waals surface area (Å²) in [5.74, 6) is 0.457. The first-order chi connectivity index (χ1) is 11.6. The molecule has 1 amide bonds. The van der Waals surface area contributed by atoms with Crippen molar-refractivity contribution in [1.82, 2.24) is 15.2 Å². The number of ether oxygens (including phenoxy) is 1. The van der Waals surface area contributed by atoms with E-state index in [-0.39, 0.29) is 18.2 Å². The first-order valence-corrected chi connectivity index (χ1v) is 7.99. The minimum atomic E-state index is -0.0107. The number of hydrogen-bond donors (Lipinski definition) is 2. The van der Waals surface area contributed by atoms with Gasteiger partial charge in [0, 0.05) is 23.9 Å². The van der Waals surface area contributed by atoms with Crippen molar-refractivity contribution >= 4 is 17.5 Å². The average molecular weight is 348 g/mol. The van der Waals surface area contributed by atoms with E-state index in [1.807, 2.05) is 6.07 Å². The van der Waals surface area contributed by atoms with E-state index in [1.54, 1.807) is 36.3 Å². The summed E-state index contributed by atoms with van der Waals surface area (Å²) in [6.07, 6.45) is 1.55. The summed E-state index contributed by atoms with van der Waals surface area (Å²) in [5.41, 5.74) is 2.19. The fraction of sp³-hybridized carbons (Fsp3) is 0.294. The van der Waals surface area contributed by atoms with Gasteiger partial charge in [-0.3, -0.25) is 9.78 Å². The van der Waals surface area contributed by atoms with E-state index in [4.69, 9.17) is 16.3 Å². The molecule has 3 rings (SSSR count). The molecule has 126 valence electrons. The lowest BCUT2D eigenvalue weighted by molar-refractivity contribution is -0.130. The van der Waals surface area contributed by atoms with Crippen molar-refractivity contribution in [3.05, 3.63) is 41.0 Å². The third-order valence-corrected chi connectivity index (χ3v) is 4.04. The number of hydrogen-bond acceptors (Lipinski definition) is 5. The molecule has 7 heteroatoms. The molecule has 0 spiro atoms. The van der Waals surface area contributed by atoms with Gasteiger partial charge in [0.25, 0.3) is 0 Å². The molecule has 0 atom stereocenters. The van der Waals surface area contributed by atoms with Gasteiger partial charge in [-0.1, -0.05) is 11.6 Å². The predicted octanol–water partition coefficient (Wildman–Crippen LogP) is 2.05. The van der Waals surface area contributed by atoms with Crippen molar-refractivity contribution in [1.29, 1.82) is 0 Å². The van der Waals surface area contributed by atoms with Gasteiger partial charge in [-0.15, -0.1) is 0 Å². The second-order valence-corrected chi connectivity index (χ2v) is 5.98. The first-order valence-electron chi connectivity index (χ1n) is 7.61. The molecule has 1 aromatic carbocycles. The molecule has 24 heavy (non-hydrogen) atoms. The fourth-order valence-corrected chi connectivity index (χ4v) is 2.78. The number of phenols is 1. The van der Waals surface area contributed by atoms with Crippen LogP contribution in [0.2, 0.25) is 5.02 Å². The second-order valence-electron chi connectivity index (χ2n) is 5.54. The number of likely N-dealkylation sites (N-methyl/N-ethyl adjacent to an activating group) is 1. The molecule has 1 aliphatic rings. The molecule has 1 aliphatic heterocycles. The van der Waals surface area contributed by atoms with E-state index in [1.165, 1.54) is 0 Å². The maximum atomic E-state index is 12.2. The minimum Gasteiger partial charge on any atom is -0.504 e. The normalized spacial score (nSPS) is 13.8. The summed E-state index contributed by atoms with van der Waals surface area (Å²) >= 11 is 5.87. The highest BCUT2D eigenvalue weighted by molar-refractivity contribution is 6.30. The molecular formula is C17H18ClN3O3. The lowest BCUT2D eigenvalue weighted by Gasteiger charge is -2.19. The van der Waals surface area contributed by atoms with Crippen molar-refractivity contribution in [2.75, 3.05) is 26.7 Å². The Labute approximate surface area is 145 Å². The Kier molecular flexibility index (Phi) is 4.87. The molecular weight excluding hydrogens is 330 g/mol. The maximum Gasteiger partial charge on any atom is 0.236 e. The number of aromatic hydroxyl groups is 1. The van der Waals surface area contributed by atoms with Crippen LogP contribution in [0, 0.1) is 0 Å². The van der Waals surface area contributed by atoms with Crippen molar-refractivity contribution < 1.29 is 14.6 Å². The third-order valence-electron chi connectivity index (χ3n) is 3.82. The lowest BCUT2D eigenvalue weighted by Crippen LogP contribution is -2.37. The van der Waals surface area contributed by atoms with Crippen LogP contribution in [0.1, 0.15) is 5.56 Å². The Hall–Kier alpha value is -2.31. The van der Waals surface area contributed by atoms with Crippen LogP contribution < -0.4 is 10.1 Å². The Morgan fingerprint density at radius 1 is 1.46 bits per heavy atom. The number of nitrogens with one attached hydrogen (secondary N) is 1. The van der Waals surface area contributed by atoms with Gasteiger partial charge in [0.05, 0.1) is 23.8 Å². The zero-order valence-corrected chi connectivity index (χ0v) is 14.0. The molecule has 0 aliphatic carbocycles. The van der Waals surface area contributed by atoms with E-state index in [0.29, 0.717) is 36.2 Å². The summed E-state index contributed by atoms with van der Waals surface area (Å²) in [5, 5.41) is 13.7. The summed E-state index contributed by atoms with van der Waals surface area (Å²) in [6.45, 7) is 1.46. The van der Waals surface area contributed by atoms with Crippen LogP contribution in [0.4, 0.5) is 0 Å². The summed E-state index contributed by atoms with van der Waals surface area (Å²) in [6, 6.07) is 7.02. The monoisotopic (exact) mass is 347 g/mol. The smallest absolute Gasteiger partial charge is 0.236 e. The van der Waals surface area contributed by atoms with Crippen LogP contribution in [-0.4, -0.2) is 47.6 Å². The number of rotatable bonds is 3. The zero-order chi connectivity index (χ0) is 17.1. The first kappa shape index (κ1) is 16.5. The van der Waals surface area contributed by atoms with Gasteiger partial charge in [0.2, 0.25) is 5.91 Å².